The number of nitrogens with zero attached hydrogens (tertiary/aromatic N) is 3. The van der Waals surface area contributed by atoms with Gasteiger partial charge in [-0.05, 0) is 24.5 Å². The normalized spacial score (nSPS) is 12.1. The van der Waals surface area contributed by atoms with Gasteiger partial charge in [-0.3, -0.25) is 0 Å². The van der Waals surface area contributed by atoms with Crippen LogP contribution < -0.4 is 0 Å². The number of imidazole rings is 1. The number of aromatic nitrogens is 3. The van der Waals surface area contributed by atoms with Gasteiger partial charge in [-0.25, -0.2) is 9.97 Å². The minimum Gasteiger partial charge on any atom is -0.304 e. The molecule has 0 N–H and O–H groups in total. The first kappa shape index (κ1) is 13.6. The molecular formula is C13H14F3N3. The molecule has 2 aromatic rings. The van der Waals surface area contributed by atoms with Crippen LogP contribution in [0.1, 0.15) is 25.2 Å². The Morgan fingerprint density at radius 2 is 1.95 bits per heavy atom. The van der Waals surface area contributed by atoms with Gasteiger partial charge in [0.05, 0.1) is 23.9 Å². The zero-order chi connectivity index (χ0) is 14.0. The predicted molar refractivity (Wildman–Crippen MR) is 64.9 cm³/mol. The number of hydrogen-bond donors (Lipinski definition) is 0. The van der Waals surface area contributed by atoms with Crippen LogP contribution in [0.3, 0.4) is 0 Å². The van der Waals surface area contributed by atoms with Gasteiger partial charge in [-0.1, -0.05) is 13.8 Å². The Morgan fingerprint density at radius 3 is 2.47 bits per heavy atom. The average Bonchev–Trinajstić information content (AvgIpc) is 2.75. The van der Waals surface area contributed by atoms with Crippen LogP contribution in [0.5, 0.6) is 0 Å². The molecule has 102 valence electrons. The van der Waals surface area contributed by atoms with E-state index in [1.165, 1.54) is 12.3 Å². The zero-order valence-corrected chi connectivity index (χ0v) is 10.6. The van der Waals surface area contributed by atoms with Gasteiger partial charge in [0.15, 0.2) is 0 Å². The molecule has 3 nitrogen and oxygen atoms in total. The van der Waals surface area contributed by atoms with Crippen LogP contribution >= 0.6 is 0 Å². The molecule has 6 heteroatoms. The molecule has 0 amide bonds. The van der Waals surface area contributed by atoms with E-state index in [9.17, 15) is 13.2 Å². The quantitative estimate of drug-likeness (QED) is 0.854. The van der Waals surface area contributed by atoms with Crippen molar-refractivity contribution in [2.24, 2.45) is 5.92 Å². The second-order valence-corrected chi connectivity index (χ2v) is 4.77. The van der Waals surface area contributed by atoms with E-state index in [-0.39, 0.29) is 0 Å². The van der Waals surface area contributed by atoms with Crippen molar-refractivity contribution in [2.45, 2.75) is 26.4 Å². The molecule has 0 unspecified atom stereocenters. The highest BCUT2D eigenvalue weighted by Gasteiger charge is 2.32. The Morgan fingerprint density at radius 1 is 1.21 bits per heavy atom. The van der Waals surface area contributed by atoms with Crippen LogP contribution in [0.25, 0.3) is 5.69 Å². The van der Waals surface area contributed by atoms with Gasteiger partial charge < -0.3 is 4.57 Å². The summed E-state index contributed by atoms with van der Waals surface area (Å²) in [6.45, 7) is 4.16. The summed E-state index contributed by atoms with van der Waals surface area (Å²) in [6, 6.07) is 2.36. The van der Waals surface area contributed by atoms with Crippen molar-refractivity contribution >= 4 is 0 Å². The summed E-state index contributed by atoms with van der Waals surface area (Å²) in [4.78, 5) is 7.64. The molecule has 0 fully saturated rings. The largest absolute Gasteiger partial charge is 0.433 e. The van der Waals surface area contributed by atoms with Crippen molar-refractivity contribution in [3.63, 3.8) is 0 Å². The molecule has 0 aliphatic rings. The minimum atomic E-state index is -4.41. The molecule has 2 rings (SSSR count). The van der Waals surface area contributed by atoms with Gasteiger partial charge in [-0.2, -0.15) is 13.2 Å². The topological polar surface area (TPSA) is 30.7 Å². The smallest absolute Gasteiger partial charge is 0.304 e. The molecular weight excluding hydrogens is 255 g/mol. The van der Waals surface area contributed by atoms with Crippen molar-refractivity contribution in [1.29, 1.82) is 0 Å². The van der Waals surface area contributed by atoms with Gasteiger partial charge in [0, 0.05) is 6.20 Å². The van der Waals surface area contributed by atoms with Crippen LogP contribution in [0, 0.1) is 5.92 Å². The molecule has 2 heterocycles. The minimum absolute atomic E-state index is 0.481. The summed E-state index contributed by atoms with van der Waals surface area (Å²) in [5.41, 5.74) is 0.587. The maximum atomic E-state index is 12.4. The standard InChI is InChI=1S/C13H14F3N3/c1-9(2)5-10-7-19(8-18-10)11-3-4-12(17-6-11)13(14,15)16/h3-4,6-9H,5H2,1-2H3. The third-order valence-electron chi connectivity index (χ3n) is 2.59. The fraction of sp³-hybridized carbons (Fsp3) is 0.385. The Balaban J connectivity index is 2.20. The lowest BCUT2D eigenvalue weighted by molar-refractivity contribution is -0.141. The highest BCUT2D eigenvalue weighted by molar-refractivity contribution is 5.30. The van der Waals surface area contributed by atoms with Crippen LogP contribution in [0.15, 0.2) is 30.9 Å². The second-order valence-electron chi connectivity index (χ2n) is 4.77. The van der Waals surface area contributed by atoms with Crippen molar-refractivity contribution in [3.8, 4) is 5.69 Å². The zero-order valence-electron chi connectivity index (χ0n) is 10.6. The summed E-state index contributed by atoms with van der Waals surface area (Å²) in [7, 11) is 0. The first-order chi connectivity index (χ1) is 8.86. The summed E-state index contributed by atoms with van der Waals surface area (Å²) < 4.78 is 38.8. The molecule has 0 saturated heterocycles. The highest BCUT2D eigenvalue weighted by Crippen LogP contribution is 2.27. The SMILES string of the molecule is CC(C)Cc1cn(-c2ccc(C(F)(F)F)nc2)cn1. The van der Waals surface area contributed by atoms with Crippen molar-refractivity contribution < 1.29 is 13.2 Å². The third-order valence-corrected chi connectivity index (χ3v) is 2.59. The first-order valence-corrected chi connectivity index (χ1v) is 5.93. The lowest BCUT2D eigenvalue weighted by Crippen LogP contribution is -2.07. The van der Waals surface area contributed by atoms with Gasteiger partial charge >= 0.3 is 6.18 Å². The summed E-state index contributed by atoms with van der Waals surface area (Å²) in [5.74, 6) is 0.481. The van der Waals surface area contributed by atoms with E-state index in [1.807, 2.05) is 6.20 Å². The lowest BCUT2D eigenvalue weighted by Gasteiger charge is -2.06. The van der Waals surface area contributed by atoms with E-state index in [2.05, 4.69) is 23.8 Å². The van der Waals surface area contributed by atoms with E-state index in [0.717, 1.165) is 18.2 Å². The molecule has 2 aromatic heterocycles. The monoisotopic (exact) mass is 269 g/mol. The van der Waals surface area contributed by atoms with Gasteiger partial charge in [-0.15, -0.1) is 0 Å². The Bertz CT molecular complexity index is 541. The fourth-order valence-corrected chi connectivity index (χ4v) is 1.73. The molecule has 19 heavy (non-hydrogen) atoms. The van der Waals surface area contributed by atoms with Crippen molar-refractivity contribution in [2.75, 3.05) is 0 Å². The molecule has 0 radical (unpaired) electrons. The van der Waals surface area contributed by atoms with E-state index < -0.39 is 11.9 Å². The lowest BCUT2D eigenvalue weighted by atomic mass is 10.1. The molecule has 0 saturated carbocycles. The maximum Gasteiger partial charge on any atom is 0.433 e. The molecule has 0 atom stereocenters. The van der Waals surface area contributed by atoms with Gasteiger partial charge in [0.2, 0.25) is 0 Å². The Labute approximate surface area is 109 Å². The average molecular weight is 269 g/mol. The van der Waals surface area contributed by atoms with E-state index >= 15 is 0 Å². The number of pyridine rings is 1. The van der Waals surface area contributed by atoms with E-state index in [4.69, 9.17) is 0 Å². The Kier molecular flexibility index (Phi) is 3.59. The molecule has 0 aliphatic carbocycles. The molecule has 0 aliphatic heterocycles. The number of hydrogen-bond acceptors (Lipinski definition) is 2. The van der Waals surface area contributed by atoms with Crippen LogP contribution in [0.4, 0.5) is 13.2 Å². The summed E-state index contributed by atoms with van der Waals surface area (Å²) in [6.07, 6.45) is 1.02. The predicted octanol–water partition coefficient (Wildman–Crippen LogP) is 3.48. The van der Waals surface area contributed by atoms with Crippen LogP contribution in [-0.2, 0) is 12.6 Å². The third kappa shape index (κ3) is 3.33. The van der Waals surface area contributed by atoms with Gasteiger partial charge in [0.1, 0.15) is 5.69 Å². The molecule has 0 aromatic carbocycles. The molecule has 0 spiro atoms. The first-order valence-electron chi connectivity index (χ1n) is 5.93. The van der Waals surface area contributed by atoms with Gasteiger partial charge in [0.25, 0.3) is 0 Å². The second kappa shape index (κ2) is 5.03. The van der Waals surface area contributed by atoms with E-state index in [0.29, 0.717) is 11.6 Å². The summed E-state index contributed by atoms with van der Waals surface area (Å²) in [5, 5.41) is 0. The number of rotatable bonds is 3. The van der Waals surface area contributed by atoms with Crippen LogP contribution in [0.2, 0.25) is 0 Å². The van der Waals surface area contributed by atoms with Crippen molar-refractivity contribution in [3.05, 3.63) is 42.2 Å². The Hall–Kier alpha value is -1.85. The van der Waals surface area contributed by atoms with Crippen LogP contribution in [-0.4, -0.2) is 14.5 Å². The van der Waals surface area contributed by atoms with E-state index in [1.54, 1.807) is 10.9 Å². The maximum absolute atomic E-state index is 12.4. The highest BCUT2D eigenvalue weighted by atomic mass is 19.4. The van der Waals surface area contributed by atoms with Crippen molar-refractivity contribution in [1.82, 2.24) is 14.5 Å². The fourth-order valence-electron chi connectivity index (χ4n) is 1.73. The summed E-state index contributed by atoms with van der Waals surface area (Å²) >= 11 is 0. The number of halogens is 3. The number of alkyl halides is 3. The molecule has 0 bridgehead atoms.